The van der Waals surface area contributed by atoms with E-state index >= 15 is 0 Å². The van der Waals surface area contributed by atoms with Crippen LogP contribution < -0.4 is 16.0 Å². The number of likely N-dealkylation sites (N-methyl/N-ethyl adjacent to an activating group) is 1. The molecule has 3 aromatic rings. The minimum absolute atomic E-state index is 0.0736. The highest BCUT2D eigenvalue weighted by molar-refractivity contribution is 6.29. The molecule has 0 aliphatic carbocycles. The van der Waals surface area contributed by atoms with Crippen LogP contribution in [0.2, 0.25) is 5.15 Å². The van der Waals surface area contributed by atoms with Crippen LogP contribution in [0.5, 0.6) is 0 Å². The van der Waals surface area contributed by atoms with Crippen LogP contribution in [0.3, 0.4) is 0 Å². The summed E-state index contributed by atoms with van der Waals surface area (Å²) in [6.45, 7) is 2.72. The molecule has 0 bridgehead atoms. The van der Waals surface area contributed by atoms with Gasteiger partial charge >= 0.3 is 0 Å². The van der Waals surface area contributed by atoms with Crippen molar-refractivity contribution in [3.05, 3.63) is 59.6 Å². The average molecular weight is 439 g/mol. The molecule has 1 aromatic carbocycles. The number of nitrogens with two attached hydrogens (primary N) is 1. The van der Waals surface area contributed by atoms with Gasteiger partial charge in [-0.3, -0.25) is 9.69 Å². The zero-order valence-electron chi connectivity index (χ0n) is 17.1. The highest BCUT2D eigenvalue weighted by Crippen LogP contribution is 2.24. The van der Waals surface area contributed by atoms with Gasteiger partial charge < -0.3 is 16.0 Å². The summed E-state index contributed by atoms with van der Waals surface area (Å²) in [5.41, 5.74) is 6.79. The summed E-state index contributed by atoms with van der Waals surface area (Å²) < 4.78 is 0. The standard InChI is InChI=1S/C21H23ClN8O/c1-29-9-10-30(13-15(29)12-26-21(31)18-19(23)25-8-7-24-18)17-11-16(22)27-20(28-17)14-5-3-2-4-6-14/h2-8,11,15H,9-10,12-13H2,1H3,(H2,23,25)(H,26,31). The lowest BCUT2D eigenvalue weighted by Crippen LogP contribution is -2.55. The quantitative estimate of drug-likeness (QED) is 0.579. The van der Waals surface area contributed by atoms with E-state index in [1.807, 2.05) is 37.4 Å². The first-order chi connectivity index (χ1) is 15.0. The molecule has 0 radical (unpaired) electrons. The molecule has 0 saturated carbocycles. The number of rotatable bonds is 5. The van der Waals surface area contributed by atoms with Gasteiger partial charge in [-0.05, 0) is 7.05 Å². The number of nitrogens with zero attached hydrogens (tertiary/aromatic N) is 6. The maximum Gasteiger partial charge on any atom is 0.273 e. The lowest BCUT2D eigenvalue weighted by Gasteiger charge is -2.40. The summed E-state index contributed by atoms with van der Waals surface area (Å²) in [5, 5.41) is 3.31. The molecule has 10 heteroatoms. The number of piperazine rings is 1. The molecule has 1 unspecified atom stereocenters. The van der Waals surface area contributed by atoms with Gasteiger partial charge in [-0.15, -0.1) is 0 Å². The van der Waals surface area contributed by atoms with Crippen LogP contribution in [0, 0.1) is 0 Å². The Morgan fingerprint density at radius 3 is 2.74 bits per heavy atom. The van der Waals surface area contributed by atoms with Crippen molar-refractivity contribution < 1.29 is 4.79 Å². The molecule has 1 fully saturated rings. The zero-order chi connectivity index (χ0) is 21.8. The van der Waals surface area contributed by atoms with Crippen LogP contribution in [0.4, 0.5) is 11.6 Å². The van der Waals surface area contributed by atoms with E-state index in [4.69, 9.17) is 22.3 Å². The summed E-state index contributed by atoms with van der Waals surface area (Å²) in [4.78, 5) is 33.8. The van der Waals surface area contributed by atoms with Crippen molar-refractivity contribution in [2.75, 3.05) is 43.9 Å². The van der Waals surface area contributed by atoms with Crippen molar-refractivity contribution in [1.29, 1.82) is 0 Å². The van der Waals surface area contributed by atoms with Crippen molar-refractivity contribution >= 4 is 29.1 Å². The summed E-state index contributed by atoms with van der Waals surface area (Å²) in [5.74, 6) is 1.13. The first-order valence-electron chi connectivity index (χ1n) is 9.91. The molecule has 31 heavy (non-hydrogen) atoms. The predicted molar refractivity (Wildman–Crippen MR) is 120 cm³/mol. The minimum atomic E-state index is -0.340. The molecule has 1 aliphatic rings. The number of hydrogen-bond donors (Lipinski definition) is 2. The number of nitrogens with one attached hydrogen (secondary N) is 1. The summed E-state index contributed by atoms with van der Waals surface area (Å²) in [6, 6.07) is 11.6. The average Bonchev–Trinajstić information content (AvgIpc) is 2.79. The Hall–Kier alpha value is -3.30. The third-order valence-corrected chi connectivity index (χ3v) is 5.45. The molecule has 1 amide bonds. The summed E-state index contributed by atoms with van der Waals surface area (Å²) in [6.07, 6.45) is 2.90. The topological polar surface area (TPSA) is 113 Å². The molecule has 160 valence electrons. The van der Waals surface area contributed by atoms with Crippen molar-refractivity contribution in [2.24, 2.45) is 0 Å². The fourth-order valence-electron chi connectivity index (χ4n) is 3.48. The van der Waals surface area contributed by atoms with E-state index in [2.05, 4.69) is 30.1 Å². The van der Waals surface area contributed by atoms with Gasteiger partial charge in [0.05, 0.1) is 0 Å². The van der Waals surface area contributed by atoms with Gasteiger partial charge in [0.15, 0.2) is 17.3 Å². The Kier molecular flexibility index (Phi) is 6.24. The normalized spacial score (nSPS) is 16.8. The number of carbonyl (C=O) groups is 1. The first-order valence-corrected chi connectivity index (χ1v) is 10.3. The number of nitrogen functional groups attached to an aromatic ring is 1. The molecule has 1 aliphatic heterocycles. The summed E-state index contributed by atoms with van der Waals surface area (Å²) >= 11 is 6.30. The SMILES string of the molecule is CN1CCN(c2cc(Cl)nc(-c3ccccc3)n2)CC1CNC(=O)c1nccnc1N. The minimum Gasteiger partial charge on any atom is -0.382 e. The second-order valence-corrected chi connectivity index (χ2v) is 7.71. The third-order valence-electron chi connectivity index (χ3n) is 5.25. The number of benzene rings is 1. The molecule has 1 saturated heterocycles. The first kappa shape index (κ1) is 21.0. The van der Waals surface area contributed by atoms with Gasteiger partial charge in [0, 0.05) is 56.2 Å². The summed E-state index contributed by atoms with van der Waals surface area (Å²) in [7, 11) is 2.03. The van der Waals surface area contributed by atoms with Gasteiger partial charge in [0.1, 0.15) is 11.0 Å². The second-order valence-electron chi connectivity index (χ2n) is 7.32. The largest absolute Gasteiger partial charge is 0.382 e. The molecule has 4 rings (SSSR count). The fourth-order valence-corrected chi connectivity index (χ4v) is 3.65. The number of hydrogen-bond acceptors (Lipinski definition) is 8. The second kappa shape index (κ2) is 9.23. The molecule has 0 spiro atoms. The number of amides is 1. The molecule has 3 heterocycles. The number of aromatic nitrogens is 4. The molecule has 1 atom stereocenters. The number of carbonyl (C=O) groups excluding carboxylic acids is 1. The monoisotopic (exact) mass is 438 g/mol. The van der Waals surface area contributed by atoms with Gasteiger partial charge in [-0.1, -0.05) is 41.9 Å². The van der Waals surface area contributed by atoms with Crippen LogP contribution in [0.1, 0.15) is 10.5 Å². The Morgan fingerprint density at radius 1 is 1.19 bits per heavy atom. The van der Waals surface area contributed by atoms with Gasteiger partial charge in [-0.25, -0.2) is 19.9 Å². The third kappa shape index (κ3) is 4.89. The lowest BCUT2D eigenvalue weighted by molar-refractivity contribution is 0.0931. The Bertz CT molecular complexity index is 1060. The Labute approximate surface area is 185 Å². The van der Waals surface area contributed by atoms with Gasteiger partial charge in [0.25, 0.3) is 5.91 Å². The van der Waals surface area contributed by atoms with E-state index in [0.717, 1.165) is 24.5 Å². The van der Waals surface area contributed by atoms with E-state index in [-0.39, 0.29) is 23.5 Å². The molecular weight excluding hydrogens is 416 g/mol. The molecule has 2 aromatic heterocycles. The maximum absolute atomic E-state index is 12.4. The lowest BCUT2D eigenvalue weighted by atomic mass is 10.1. The van der Waals surface area contributed by atoms with Crippen LogP contribution in [-0.2, 0) is 0 Å². The van der Waals surface area contributed by atoms with Crippen LogP contribution in [0.25, 0.3) is 11.4 Å². The molecular formula is C21H23ClN8O. The predicted octanol–water partition coefficient (Wildman–Crippen LogP) is 1.72. The van der Waals surface area contributed by atoms with Crippen molar-refractivity contribution in [3.8, 4) is 11.4 Å². The number of halogens is 1. The maximum atomic E-state index is 12.4. The van der Waals surface area contributed by atoms with Gasteiger partial charge in [-0.2, -0.15) is 0 Å². The van der Waals surface area contributed by atoms with E-state index in [0.29, 0.717) is 24.1 Å². The van der Waals surface area contributed by atoms with Crippen LogP contribution >= 0.6 is 11.6 Å². The van der Waals surface area contributed by atoms with E-state index < -0.39 is 0 Å². The van der Waals surface area contributed by atoms with Crippen LogP contribution in [-0.4, -0.2) is 70.0 Å². The zero-order valence-corrected chi connectivity index (χ0v) is 17.8. The highest BCUT2D eigenvalue weighted by Gasteiger charge is 2.27. The smallest absolute Gasteiger partial charge is 0.273 e. The Balaban J connectivity index is 1.47. The molecule has 9 nitrogen and oxygen atoms in total. The van der Waals surface area contributed by atoms with E-state index in [9.17, 15) is 4.79 Å². The molecule has 3 N–H and O–H groups in total. The van der Waals surface area contributed by atoms with Gasteiger partial charge in [0.2, 0.25) is 0 Å². The van der Waals surface area contributed by atoms with Crippen molar-refractivity contribution in [2.45, 2.75) is 6.04 Å². The van der Waals surface area contributed by atoms with Crippen LogP contribution in [0.15, 0.2) is 48.8 Å². The fraction of sp³-hybridized carbons (Fsp3) is 0.286. The van der Waals surface area contributed by atoms with Crippen molar-refractivity contribution in [1.82, 2.24) is 30.2 Å². The number of anilines is 2. The van der Waals surface area contributed by atoms with Crippen molar-refractivity contribution in [3.63, 3.8) is 0 Å². The van der Waals surface area contributed by atoms with E-state index in [1.165, 1.54) is 12.4 Å². The highest BCUT2D eigenvalue weighted by atomic mass is 35.5. The van der Waals surface area contributed by atoms with E-state index in [1.54, 1.807) is 6.07 Å². The Morgan fingerprint density at radius 2 is 1.97 bits per heavy atom.